The average Bonchev–Trinajstić information content (AvgIpc) is 2.66. The molecule has 1 unspecified atom stereocenters. The zero-order valence-electron chi connectivity index (χ0n) is 13.8. The number of carbonyl (C=O) groups is 1. The Morgan fingerprint density at radius 2 is 1.86 bits per heavy atom. The summed E-state index contributed by atoms with van der Waals surface area (Å²) in [5.41, 5.74) is 0.193. The highest BCUT2D eigenvalue weighted by Crippen LogP contribution is 2.46. The van der Waals surface area contributed by atoms with Crippen LogP contribution in [0.1, 0.15) is 63.3 Å². The van der Waals surface area contributed by atoms with Gasteiger partial charge in [0.2, 0.25) is 0 Å². The number of aldehydes is 1. The van der Waals surface area contributed by atoms with Gasteiger partial charge in [0.1, 0.15) is 12.0 Å². The van der Waals surface area contributed by atoms with Gasteiger partial charge >= 0.3 is 0 Å². The van der Waals surface area contributed by atoms with Crippen LogP contribution in [0.2, 0.25) is 0 Å². The van der Waals surface area contributed by atoms with Crippen LogP contribution in [-0.2, 0) is 9.47 Å². The lowest BCUT2D eigenvalue weighted by Crippen LogP contribution is -2.41. The minimum Gasteiger partial charge on any atom is -0.465 e. The lowest BCUT2D eigenvalue weighted by molar-refractivity contribution is -0.0937. The summed E-state index contributed by atoms with van der Waals surface area (Å²) in [7, 11) is 0. The number of rotatable bonds is 5. The molecule has 0 aromatic heterocycles. The van der Waals surface area contributed by atoms with Crippen LogP contribution in [0.3, 0.4) is 0 Å². The van der Waals surface area contributed by atoms with Crippen molar-refractivity contribution in [1.29, 1.82) is 0 Å². The zero-order valence-corrected chi connectivity index (χ0v) is 13.8. The summed E-state index contributed by atoms with van der Waals surface area (Å²) in [4.78, 5) is 11.0. The highest BCUT2D eigenvalue weighted by molar-refractivity contribution is 5.76. The van der Waals surface area contributed by atoms with Gasteiger partial charge in [-0.3, -0.25) is 4.79 Å². The number of aliphatic hydroxyl groups is 1. The van der Waals surface area contributed by atoms with Crippen LogP contribution in [0.15, 0.2) is 18.2 Å². The van der Waals surface area contributed by atoms with E-state index in [2.05, 4.69) is 0 Å². The Morgan fingerprint density at radius 1 is 1.27 bits per heavy atom. The van der Waals surface area contributed by atoms with Crippen LogP contribution < -0.4 is 4.74 Å². The average molecular weight is 308 g/mol. The summed E-state index contributed by atoms with van der Waals surface area (Å²) in [6, 6.07) is 5.01. The van der Waals surface area contributed by atoms with E-state index < -0.39 is 23.8 Å². The monoisotopic (exact) mass is 308 g/mol. The Bertz CT molecular complexity index is 534. The standard InChI is InChI=1S/C17H24O5/c1-6-14(19)20-13-9-11(10-18)7-8-12(13)15-21-16(2,3)17(4,5)22-15/h7-10,14-15,19H,6H2,1-5H3. The first-order valence-corrected chi connectivity index (χ1v) is 7.49. The molecule has 2 rings (SSSR count). The van der Waals surface area contributed by atoms with E-state index in [1.54, 1.807) is 18.2 Å². The Morgan fingerprint density at radius 3 is 2.36 bits per heavy atom. The molecule has 5 heteroatoms. The minimum atomic E-state index is -0.942. The van der Waals surface area contributed by atoms with Gasteiger partial charge in [-0.1, -0.05) is 13.0 Å². The fourth-order valence-electron chi connectivity index (χ4n) is 2.12. The molecule has 0 radical (unpaired) electrons. The first-order chi connectivity index (χ1) is 10.2. The molecule has 0 amide bonds. The van der Waals surface area contributed by atoms with Crippen LogP contribution in [-0.4, -0.2) is 28.9 Å². The van der Waals surface area contributed by atoms with Gasteiger partial charge in [-0.25, -0.2) is 0 Å². The molecule has 0 aliphatic carbocycles. The summed E-state index contributed by atoms with van der Waals surface area (Å²) in [5.74, 6) is 0.400. The Hall–Kier alpha value is -1.43. The van der Waals surface area contributed by atoms with E-state index >= 15 is 0 Å². The second-order valence-electron chi connectivity index (χ2n) is 6.48. The van der Waals surface area contributed by atoms with Gasteiger partial charge in [0.05, 0.1) is 11.2 Å². The van der Waals surface area contributed by atoms with Gasteiger partial charge in [-0.2, -0.15) is 0 Å². The normalized spacial score (nSPS) is 21.5. The molecule has 122 valence electrons. The third-order valence-electron chi connectivity index (χ3n) is 4.29. The molecule has 1 fully saturated rings. The molecule has 1 N–H and O–H groups in total. The van der Waals surface area contributed by atoms with Gasteiger partial charge in [0.15, 0.2) is 12.6 Å². The van der Waals surface area contributed by atoms with Gasteiger partial charge < -0.3 is 19.3 Å². The maximum Gasteiger partial charge on any atom is 0.197 e. The third kappa shape index (κ3) is 3.16. The first kappa shape index (κ1) is 16.9. The van der Waals surface area contributed by atoms with Crippen molar-refractivity contribution < 1.29 is 24.1 Å². The molecule has 1 atom stereocenters. The summed E-state index contributed by atoms with van der Waals surface area (Å²) in [6.45, 7) is 9.67. The van der Waals surface area contributed by atoms with Gasteiger partial charge in [-0.05, 0) is 39.8 Å². The summed E-state index contributed by atoms with van der Waals surface area (Å²) >= 11 is 0. The maximum atomic E-state index is 11.0. The highest BCUT2D eigenvalue weighted by Gasteiger charge is 2.50. The smallest absolute Gasteiger partial charge is 0.197 e. The van der Waals surface area contributed by atoms with Crippen LogP contribution in [0.25, 0.3) is 0 Å². The van der Waals surface area contributed by atoms with Crippen molar-refractivity contribution >= 4 is 6.29 Å². The third-order valence-corrected chi connectivity index (χ3v) is 4.29. The lowest BCUT2D eigenvalue weighted by Gasteiger charge is -2.30. The molecule has 1 aromatic rings. The van der Waals surface area contributed by atoms with Crippen molar-refractivity contribution in [1.82, 2.24) is 0 Å². The Balaban J connectivity index is 2.36. The van der Waals surface area contributed by atoms with Gasteiger partial charge in [0.25, 0.3) is 0 Å². The van der Waals surface area contributed by atoms with Gasteiger partial charge in [0, 0.05) is 17.5 Å². The predicted octanol–water partition coefficient (Wildman–Crippen LogP) is 3.21. The van der Waals surface area contributed by atoms with Crippen molar-refractivity contribution in [2.45, 2.75) is 64.8 Å². The number of ether oxygens (including phenoxy) is 3. The predicted molar refractivity (Wildman–Crippen MR) is 81.8 cm³/mol. The fourth-order valence-corrected chi connectivity index (χ4v) is 2.12. The molecule has 0 saturated carbocycles. The van der Waals surface area contributed by atoms with Crippen molar-refractivity contribution in [3.8, 4) is 5.75 Å². The van der Waals surface area contributed by atoms with E-state index in [-0.39, 0.29) is 0 Å². The number of carbonyl (C=O) groups excluding carboxylic acids is 1. The van der Waals surface area contributed by atoms with E-state index in [9.17, 15) is 9.90 Å². The quantitative estimate of drug-likeness (QED) is 0.668. The first-order valence-electron chi connectivity index (χ1n) is 7.49. The number of benzene rings is 1. The molecule has 5 nitrogen and oxygen atoms in total. The van der Waals surface area contributed by atoms with Crippen LogP contribution in [0.5, 0.6) is 5.75 Å². The van der Waals surface area contributed by atoms with E-state index in [1.165, 1.54) is 0 Å². The minimum absolute atomic E-state index is 0.400. The van der Waals surface area contributed by atoms with E-state index in [0.29, 0.717) is 23.3 Å². The molecule has 1 aromatic carbocycles. The number of aliphatic hydroxyl groups excluding tert-OH is 1. The van der Waals surface area contributed by atoms with Crippen molar-refractivity contribution in [3.63, 3.8) is 0 Å². The van der Waals surface area contributed by atoms with Crippen LogP contribution >= 0.6 is 0 Å². The molecular formula is C17H24O5. The fraction of sp³-hybridized carbons (Fsp3) is 0.588. The molecule has 1 aliphatic heterocycles. The maximum absolute atomic E-state index is 11.0. The van der Waals surface area contributed by atoms with E-state index in [1.807, 2.05) is 34.6 Å². The lowest BCUT2D eigenvalue weighted by atomic mass is 9.90. The molecular weight excluding hydrogens is 284 g/mol. The SMILES string of the molecule is CCC(O)Oc1cc(C=O)ccc1C1OC(C)(C)C(C)(C)O1. The van der Waals surface area contributed by atoms with Crippen molar-refractivity contribution in [3.05, 3.63) is 29.3 Å². The second-order valence-corrected chi connectivity index (χ2v) is 6.48. The molecule has 1 aliphatic rings. The van der Waals surface area contributed by atoms with Gasteiger partial charge in [-0.15, -0.1) is 0 Å². The number of hydrogen-bond donors (Lipinski definition) is 1. The summed E-state index contributed by atoms with van der Waals surface area (Å²) in [5, 5.41) is 9.76. The highest BCUT2D eigenvalue weighted by atomic mass is 16.7. The van der Waals surface area contributed by atoms with Crippen LogP contribution in [0.4, 0.5) is 0 Å². The summed E-state index contributed by atoms with van der Waals surface area (Å²) < 4.78 is 17.5. The Kier molecular flexibility index (Phi) is 4.61. The van der Waals surface area contributed by atoms with Crippen LogP contribution in [0, 0.1) is 0 Å². The van der Waals surface area contributed by atoms with Crippen molar-refractivity contribution in [2.75, 3.05) is 0 Å². The zero-order chi connectivity index (χ0) is 16.5. The molecule has 1 saturated heterocycles. The van der Waals surface area contributed by atoms with Crippen molar-refractivity contribution in [2.24, 2.45) is 0 Å². The number of hydrogen-bond acceptors (Lipinski definition) is 5. The van der Waals surface area contributed by atoms with E-state index in [4.69, 9.17) is 14.2 Å². The summed E-state index contributed by atoms with van der Waals surface area (Å²) in [6.07, 6.45) is -0.374. The van der Waals surface area contributed by atoms with E-state index in [0.717, 1.165) is 6.29 Å². The molecule has 0 bridgehead atoms. The molecule has 0 spiro atoms. The topological polar surface area (TPSA) is 65.0 Å². The Labute approximate surface area is 131 Å². The second kappa shape index (κ2) is 5.99. The molecule has 22 heavy (non-hydrogen) atoms. The molecule has 1 heterocycles. The largest absolute Gasteiger partial charge is 0.465 e.